The highest BCUT2D eigenvalue weighted by atomic mass is 32.2. The smallest absolute Gasteiger partial charge is 0.298 e. The highest BCUT2D eigenvalue weighted by molar-refractivity contribution is 7.86. The van der Waals surface area contributed by atoms with E-state index in [0.29, 0.717) is 28.4 Å². The molecule has 24 heavy (non-hydrogen) atoms. The average Bonchev–Trinajstić information content (AvgIpc) is 2.58. The third kappa shape index (κ3) is 3.39. The first-order valence-electron chi connectivity index (χ1n) is 6.81. The molecule has 0 radical (unpaired) electrons. The van der Waals surface area contributed by atoms with Crippen LogP contribution in [0.5, 0.6) is 23.0 Å². The van der Waals surface area contributed by atoms with E-state index in [4.69, 9.17) is 18.9 Å². The number of ether oxygens (including phenoxy) is 4. The van der Waals surface area contributed by atoms with E-state index in [0.717, 1.165) is 0 Å². The molecule has 0 aliphatic heterocycles. The molecule has 7 nitrogen and oxygen atoms in total. The van der Waals surface area contributed by atoms with Gasteiger partial charge in [0.15, 0.2) is 11.5 Å². The highest BCUT2D eigenvalue weighted by Crippen LogP contribution is 2.42. The zero-order valence-electron chi connectivity index (χ0n) is 13.7. The molecule has 2 rings (SSSR count). The molecule has 0 spiro atoms. The summed E-state index contributed by atoms with van der Waals surface area (Å²) in [5.74, 6) is 1.33. The predicted octanol–water partition coefficient (Wildman–Crippen LogP) is 2.63. The highest BCUT2D eigenvalue weighted by Gasteiger charge is 2.19. The fourth-order valence-corrected chi connectivity index (χ4v) is 2.99. The fourth-order valence-electron chi connectivity index (χ4n) is 2.31. The summed E-state index contributed by atoms with van der Waals surface area (Å²) in [5, 5.41) is 0. The summed E-state index contributed by atoms with van der Waals surface area (Å²) in [5.41, 5.74) is 1.15. The summed E-state index contributed by atoms with van der Waals surface area (Å²) >= 11 is 0. The SMILES string of the molecule is COc1ccc(-c2cc(OC)c(OC)c(OC)c2)cc1S(=O)(=O)O. The number of methoxy groups -OCH3 is 4. The molecule has 0 bridgehead atoms. The Kier molecular flexibility index (Phi) is 5.20. The van der Waals surface area contributed by atoms with Crippen LogP contribution in [0.2, 0.25) is 0 Å². The molecule has 0 aromatic heterocycles. The van der Waals surface area contributed by atoms with E-state index in [1.165, 1.54) is 40.6 Å². The quantitative estimate of drug-likeness (QED) is 0.797. The summed E-state index contributed by atoms with van der Waals surface area (Å²) in [6, 6.07) is 7.79. The van der Waals surface area contributed by atoms with Crippen molar-refractivity contribution < 1.29 is 31.9 Å². The van der Waals surface area contributed by atoms with Crippen LogP contribution >= 0.6 is 0 Å². The molecule has 1 N–H and O–H groups in total. The van der Waals surface area contributed by atoms with Crippen molar-refractivity contribution in [3.63, 3.8) is 0 Å². The Morgan fingerprint density at radius 3 is 1.71 bits per heavy atom. The van der Waals surface area contributed by atoms with E-state index in [2.05, 4.69) is 0 Å². The van der Waals surface area contributed by atoms with Crippen LogP contribution in [0.1, 0.15) is 0 Å². The lowest BCUT2D eigenvalue weighted by Gasteiger charge is -2.15. The van der Waals surface area contributed by atoms with Gasteiger partial charge in [-0.05, 0) is 35.4 Å². The van der Waals surface area contributed by atoms with Crippen LogP contribution in [0, 0.1) is 0 Å². The summed E-state index contributed by atoms with van der Waals surface area (Å²) in [7, 11) is 1.35. The molecule has 0 atom stereocenters. The molecular weight excluding hydrogens is 336 g/mol. The molecule has 0 saturated carbocycles. The molecule has 0 fully saturated rings. The van der Waals surface area contributed by atoms with Crippen molar-refractivity contribution in [3.8, 4) is 34.1 Å². The van der Waals surface area contributed by atoms with Crippen LogP contribution in [0.3, 0.4) is 0 Å². The first-order chi connectivity index (χ1) is 11.3. The van der Waals surface area contributed by atoms with Crippen molar-refractivity contribution in [2.45, 2.75) is 4.90 Å². The zero-order chi connectivity index (χ0) is 17.9. The summed E-state index contributed by atoms with van der Waals surface area (Å²) in [6.45, 7) is 0. The number of rotatable bonds is 6. The van der Waals surface area contributed by atoms with E-state index in [-0.39, 0.29) is 10.6 Å². The third-order valence-electron chi connectivity index (χ3n) is 3.44. The number of hydrogen-bond donors (Lipinski definition) is 1. The van der Waals surface area contributed by atoms with E-state index in [1.54, 1.807) is 18.2 Å². The second-order valence-electron chi connectivity index (χ2n) is 4.75. The lowest BCUT2D eigenvalue weighted by atomic mass is 10.0. The average molecular weight is 354 g/mol. The van der Waals surface area contributed by atoms with E-state index >= 15 is 0 Å². The van der Waals surface area contributed by atoms with Gasteiger partial charge < -0.3 is 18.9 Å². The normalized spacial score (nSPS) is 11.0. The lowest BCUT2D eigenvalue weighted by Crippen LogP contribution is -2.02. The fraction of sp³-hybridized carbons (Fsp3) is 0.250. The zero-order valence-corrected chi connectivity index (χ0v) is 14.5. The van der Waals surface area contributed by atoms with Crippen LogP contribution in [-0.2, 0) is 10.1 Å². The minimum atomic E-state index is -4.43. The molecule has 8 heteroatoms. The van der Waals surface area contributed by atoms with Gasteiger partial charge in [0, 0.05) is 0 Å². The van der Waals surface area contributed by atoms with E-state index in [9.17, 15) is 13.0 Å². The van der Waals surface area contributed by atoms with Crippen molar-refractivity contribution in [2.24, 2.45) is 0 Å². The predicted molar refractivity (Wildman–Crippen MR) is 87.9 cm³/mol. The van der Waals surface area contributed by atoms with Crippen molar-refractivity contribution in [1.29, 1.82) is 0 Å². The van der Waals surface area contributed by atoms with Gasteiger partial charge in [-0.1, -0.05) is 6.07 Å². The summed E-state index contributed by atoms with van der Waals surface area (Å²) < 4.78 is 53.3. The third-order valence-corrected chi connectivity index (χ3v) is 4.31. The van der Waals surface area contributed by atoms with Crippen molar-refractivity contribution in [1.82, 2.24) is 0 Å². The van der Waals surface area contributed by atoms with Gasteiger partial charge in [0.25, 0.3) is 10.1 Å². The van der Waals surface area contributed by atoms with Crippen LogP contribution < -0.4 is 18.9 Å². The van der Waals surface area contributed by atoms with E-state index < -0.39 is 10.1 Å². The minimum Gasteiger partial charge on any atom is -0.495 e. The van der Waals surface area contributed by atoms with Crippen molar-refractivity contribution in [2.75, 3.05) is 28.4 Å². The Bertz CT molecular complexity index is 818. The number of hydrogen-bond acceptors (Lipinski definition) is 6. The summed E-state index contributed by atoms with van der Waals surface area (Å²) in [6.07, 6.45) is 0. The topological polar surface area (TPSA) is 91.3 Å². The molecule has 0 unspecified atom stereocenters. The Balaban J connectivity index is 2.68. The van der Waals surface area contributed by atoms with Crippen LogP contribution in [0.15, 0.2) is 35.2 Å². The van der Waals surface area contributed by atoms with Gasteiger partial charge in [-0.15, -0.1) is 0 Å². The Morgan fingerprint density at radius 1 is 0.750 bits per heavy atom. The largest absolute Gasteiger partial charge is 0.495 e. The summed E-state index contributed by atoms with van der Waals surface area (Å²) in [4.78, 5) is -0.323. The molecule has 2 aromatic rings. The van der Waals surface area contributed by atoms with Gasteiger partial charge >= 0.3 is 0 Å². The van der Waals surface area contributed by atoms with Crippen molar-refractivity contribution >= 4 is 10.1 Å². The van der Waals surface area contributed by atoms with Gasteiger partial charge in [-0.2, -0.15) is 8.42 Å². The minimum absolute atomic E-state index is 0.0497. The molecular formula is C16H18O7S. The van der Waals surface area contributed by atoms with Crippen LogP contribution in [0.25, 0.3) is 11.1 Å². The van der Waals surface area contributed by atoms with Gasteiger partial charge in [0.05, 0.1) is 28.4 Å². The number of benzene rings is 2. The van der Waals surface area contributed by atoms with Gasteiger partial charge in [0.1, 0.15) is 10.6 Å². The molecule has 0 aliphatic carbocycles. The van der Waals surface area contributed by atoms with Crippen molar-refractivity contribution in [3.05, 3.63) is 30.3 Å². The first kappa shape index (κ1) is 17.9. The van der Waals surface area contributed by atoms with Crippen LogP contribution in [0.4, 0.5) is 0 Å². The maximum Gasteiger partial charge on any atom is 0.298 e. The maximum atomic E-state index is 11.5. The Hall–Kier alpha value is -2.45. The molecule has 0 saturated heterocycles. The molecule has 2 aromatic carbocycles. The van der Waals surface area contributed by atoms with Crippen LogP contribution in [-0.4, -0.2) is 41.4 Å². The lowest BCUT2D eigenvalue weighted by molar-refractivity contribution is 0.324. The molecule has 0 aliphatic rings. The maximum absolute atomic E-state index is 11.5. The Morgan fingerprint density at radius 2 is 1.29 bits per heavy atom. The first-order valence-corrected chi connectivity index (χ1v) is 8.25. The Labute approximate surface area is 140 Å². The van der Waals surface area contributed by atoms with Gasteiger partial charge in [0.2, 0.25) is 5.75 Å². The van der Waals surface area contributed by atoms with Gasteiger partial charge in [-0.3, -0.25) is 4.55 Å². The second-order valence-corrected chi connectivity index (χ2v) is 6.14. The molecule has 0 amide bonds. The molecule has 0 heterocycles. The molecule has 130 valence electrons. The van der Waals surface area contributed by atoms with Gasteiger partial charge in [-0.25, -0.2) is 0 Å². The monoisotopic (exact) mass is 354 g/mol. The van der Waals surface area contributed by atoms with E-state index in [1.807, 2.05) is 0 Å². The standard InChI is InChI=1S/C16H18O7S/c1-20-12-6-5-10(9-15(12)24(17,18)19)11-7-13(21-2)16(23-4)14(8-11)22-3/h5-9H,1-4H3,(H,17,18,19). The second kappa shape index (κ2) is 6.98.